The van der Waals surface area contributed by atoms with E-state index in [1.54, 1.807) is 18.2 Å². The highest BCUT2D eigenvalue weighted by Gasteiger charge is 2.32. The molecule has 0 saturated carbocycles. The van der Waals surface area contributed by atoms with Gasteiger partial charge in [0.05, 0.1) is 30.2 Å². The Morgan fingerprint density at radius 3 is 2.50 bits per heavy atom. The fraction of sp³-hybridized carbons (Fsp3) is 0.278. The number of ether oxygens (including phenoxy) is 1. The number of halogens is 3. The van der Waals surface area contributed by atoms with E-state index in [2.05, 4.69) is 5.32 Å². The van der Waals surface area contributed by atoms with Gasteiger partial charge in [0, 0.05) is 24.3 Å². The Kier molecular flexibility index (Phi) is 5.03. The Hall–Kier alpha value is -2.74. The monoisotopic (exact) mass is 365 g/mol. The SMILES string of the molecule is Nc1cccc(C(=O)Nc2cc(C(F)(F)F)ccc2N2CCOCC2)c1. The zero-order valence-electron chi connectivity index (χ0n) is 13.8. The minimum absolute atomic E-state index is 0.106. The molecule has 0 aromatic heterocycles. The van der Waals surface area contributed by atoms with Crippen LogP contribution in [0.1, 0.15) is 15.9 Å². The van der Waals surface area contributed by atoms with E-state index in [9.17, 15) is 18.0 Å². The van der Waals surface area contributed by atoms with Crippen molar-refractivity contribution in [3.63, 3.8) is 0 Å². The number of alkyl halides is 3. The number of nitrogen functional groups attached to an aromatic ring is 1. The van der Waals surface area contributed by atoms with Crippen molar-refractivity contribution in [1.29, 1.82) is 0 Å². The molecule has 0 aliphatic carbocycles. The number of carbonyl (C=O) groups excluding carboxylic acids is 1. The quantitative estimate of drug-likeness (QED) is 0.819. The number of hydrogen-bond donors (Lipinski definition) is 2. The number of nitrogens with two attached hydrogens (primary N) is 1. The smallest absolute Gasteiger partial charge is 0.399 e. The maximum Gasteiger partial charge on any atom is 0.416 e. The third-order valence-electron chi connectivity index (χ3n) is 4.07. The van der Waals surface area contributed by atoms with E-state index < -0.39 is 17.6 Å². The number of amides is 1. The molecule has 1 saturated heterocycles. The number of morpholine rings is 1. The van der Waals surface area contributed by atoms with Crippen molar-refractivity contribution in [3.8, 4) is 0 Å². The molecule has 8 heteroatoms. The summed E-state index contributed by atoms with van der Waals surface area (Å²) < 4.78 is 44.6. The van der Waals surface area contributed by atoms with Gasteiger partial charge in [-0.1, -0.05) is 6.07 Å². The highest BCUT2D eigenvalue weighted by molar-refractivity contribution is 6.06. The van der Waals surface area contributed by atoms with Gasteiger partial charge in [-0.15, -0.1) is 0 Å². The summed E-state index contributed by atoms with van der Waals surface area (Å²) in [7, 11) is 0. The molecule has 1 aliphatic heterocycles. The minimum atomic E-state index is -4.50. The number of carbonyl (C=O) groups is 1. The molecule has 26 heavy (non-hydrogen) atoms. The molecule has 0 spiro atoms. The van der Waals surface area contributed by atoms with Crippen LogP contribution in [0.25, 0.3) is 0 Å². The lowest BCUT2D eigenvalue weighted by Gasteiger charge is -2.31. The third kappa shape index (κ3) is 4.08. The zero-order valence-corrected chi connectivity index (χ0v) is 13.8. The molecule has 2 aromatic rings. The first-order valence-electron chi connectivity index (χ1n) is 8.05. The summed E-state index contributed by atoms with van der Waals surface area (Å²) in [6.45, 7) is 2.02. The molecular weight excluding hydrogens is 347 g/mol. The largest absolute Gasteiger partial charge is 0.416 e. The molecule has 2 aromatic carbocycles. The van der Waals surface area contributed by atoms with Gasteiger partial charge in [0.2, 0.25) is 0 Å². The van der Waals surface area contributed by atoms with E-state index in [4.69, 9.17) is 10.5 Å². The normalized spacial score (nSPS) is 15.0. The summed E-state index contributed by atoms with van der Waals surface area (Å²) in [6.07, 6.45) is -4.50. The van der Waals surface area contributed by atoms with E-state index in [1.165, 1.54) is 12.1 Å². The maximum absolute atomic E-state index is 13.1. The van der Waals surface area contributed by atoms with Crippen molar-refractivity contribution in [2.45, 2.75) is 6.18 Å². The number of hydrogen-bond acceptors (Lipinski definition) is 4. The molecule has 0 bridgehead atoms. The zero-order chi connectivity index (χ0) is 18.7. The Morgan fingerprint density at radius 1 is 1.12 bits per heavy atom. The highest BCUT2D eigenvalue weighted by Crippen LogP contribution is 2.36. The number of nitrogens with zero attached hydrogens (tertiary/aromatic N) is 1. The predicted octanol–water partition coefficient (Wildman–Crippen LogP) is 3.38. The third-order valence-corrected chi connectivity index (χ3v) is 4.07. The van der Waals surface area contributed by atoms with Crippen molar-refractivity contribution in [2.24, 2.45) is 0 Å². The topological polar surface area (TPSA) is 67.6 Å². The molecule has 1 fully saturated rings. The van der Waals surface area contributed by atoms with Gasteiger partial charge in [-0.3, -0.25) is 4.79 Å². The average molecular weight is 365 g/mol. The maximum atomic E-state index is 13.1. The summed E-state index contributed by atoms with van der Waals surface area (Å²) in [5, 5.41) is 2.59. The second-order valence-electron chi connectivity index (χ2n) is 5.91. The van der Waals surface area contributed by atoms with Gasteiger partial charge in [-0.05, 0) is 36.4 Å². The second kappa shape index (κ2) is 7.25. The molecule has 0 atom stereocenters. The van der Waals surface area contributed by atoms with E-state index >= 15 is 0 Å². The molecule has 3 N–H and O–H groups in total. The van der Waals surface area contributed by atoms with Gasteiger partial charge in [-0.25, -0.2) is 0 Å². The number of anilines is 3. The van der Waals surface area contributed by atoms with Crippen molar-refractivity contribution < 1.29 is 22.7 Å². The van der Waals surface area contributed by atoms with Crippen LogP contribution in [-0.2, 0) is 10.9 Å². The summed E-state index contributed by atoms with van der Waals surface area (Å²) >= 11 is 0. The molecule has 1 amide bonds. The van der Waals surface area contributed by atoms with Crippen LogP contribution in [0.5, 0.6) is 0 Å². The lowest BCUT2D eigenvalue weighted by molar-refractivity contribution is -0.137. The number of nitrogens with one attached hydrogen (secondary N) is 1. The summed E-state index contributed by atoms with van der Waals surface area (Å²) in [5.41, 5.74) is 6.15. The first-order chi connectivity index (χ1) is 12.3. The molecular formula is C18H18F3N3O2. The molecule has 0 radical (unpaired) electrons. The van der Waals surface area contributed by atoms with Crippen LogP contribution >= 0.6 is 0 Å². The van der Waals surface area contributed by atoms with Crippen LogP contribution in [0.3, 0.4) is 0 Å². The van der Waals surface area contributed by atoms with Crippen molar-refractivity contribution in [3.05, 3.63) is 53.6 Å². The molecule has 138 valence electrons. The summed E-state index contributed by atoms with van der Waals surface area (Å²) in [6, 6.07) is 9.60. The first-order valence-corrected chi connectivity index (χ1v) is 8.05. The first kappa shape index (κ1) is 18.1. The molecule has 1 aliphatic rings. The van der Waals surface area contributed by atoms with Gasteiger partial charge < -0.3 is 20.7 Å². The van der Waals surface area contributed by atoms with Crippen LogP contribution in [0.15, 0.2) is 42.5 Å². The average Bonchev–Trinajstić information content (AvgIpc) is 2.61. The van der Waals surface area contributed by atoms with Gasteiger partial charge in [-0.2, -0.15) is 13.2 Å². The van der Waals surface area contributed by atoms with E-state index in [0.29, 0.717) is 37.7 Å². The Balaban J connectivity index is 1.94. The van der Waals surface area contributed by atoms with E-state index in [1.807, 2.05) is 4.90 Å². The molecule has 1 heterocycles. The fourth-order valence-corrected chi connectivity index (χ4v) is 2.77. The lowest BCUT2D eigenvalue weighted by atomic mass is 10.1. The molecule has 3 rings (SSSR count). The van der Waals surface area contributed by atoms with Crippen LogP contribution in [0.2, 0.25) is 0 Å². The van der Waals surface area contributed by atoms with Gasteiger partial charge in [0.15, 0.2) is 0 Å². The van der Waals surface area contributed by atoms with E-state index in [-0.39, 0.29) is 11.3 Å². The van der Waals surface area contributed by atoms with Crippen LogP contribution in [-0.4, -0.2) is 32.2 Å². The highest BCUT2D eigenvalue weighted by atomic mass is 19.4. The Bertz CT molecular complexity index is 803. The van der Waals surface area contributed by atoms with Crippen LogP contribution in [0, 0.1) is 0 Å². The standard InChI is InChI=1S/C18H18F3N3O2/c19-18(20,21)13-4-5-16(24-6-8-26-9-7-24)15(11-13)23-17(25)12-2-1-3-14(22)10-12/h1-5,10-11H,6-9,22H2,(H,23,25). The van der Waals surface area contributed by atoms with Crippen LogP contribution in [0.4, 0.5) is 30.2 Å². The Labute approximate surface area is 148 Å². The van der Waals surface area contributed by atoms with Gasteiger partial charge >= 0.3 is 6.18 Å². The van der Waals surface area contributed by atoms with Crippen molar-refractivity contribution in [1.82, 2.24) is 0 Å². The van der Waals surface area contributed by atoms with Crippen molar-refractivity contribution >= 4 is 23.0 Å². The van der Waals surface area contributed by atoms with E-state index in [0.717, 1.165) is 12.1 Å². The number of rotatable bonds is 3. The number of benzene rings is 2. The second-order valence-corrected chi connectivity index (χ2v) is 5.91. The fourth-order valence-electron chi connectivity index (χ4n) is 2.77. The van der Waals surface area contributed by atoms with Gasteiger partial charge in [0.25, 0.3) is 5.91 Å². The lowest BCUT2D eigenvalue weighted by Crippen LogP contribution is -2.36. The van der Waals surface area contributed by atoms with Crippen LogP contribution < -0.4 is 16.0 Å². The minimum Gasteiger partial charge on any atom is -0.399 e. The van der Waals surface area contributed by atoms with Crippen molar-refractivity contribution in [2.75, 3.05) is 42.3 Å². The van der Waals surface area contributed by atoms with Gasteiger partial charge in [0.1, 0.15) is 0 Å². The predicted molar refractivity (Wildman–Crippen MR) is 93.3 cm³/mol. The molecule has 0 unspecified atom stereocenters. The summed E-state index contributed by atoms with van der Waals surface area (Å²) in [5.74, 6) is -0.522. The summed E-state index contributed by atoms with van der Waals surface area (Å²) in [4.78, 5) is 14.4. The Morgan fingerprint density at radius 2 is 1.85 bits per heavy atom. The molecule has 5 nitrogen and oxygen atoms in total.